The third-order valence-corrected chi connectivity index (χ3v) is 12.7. The van der Waals surface area contributed by atoms with Crippen molar-refractivity contribution in [2.45, 2.75) is 28.5 Å². The molecule has 3 aliphatic heterocycles. The van der Waals surface area contributed by atoms with Gasteiger partial charge >= 0.3 is 0 Å². The van der Waals surface area contributed by atoms with E-state index in [2.05, 4.69) is 4.90 Å². The van der Waals surface area contributed by atoms with E-state index in [0.717, 1.165) is 16.7 Å². The summed E-state index contributed by atoms with van der Waals surface area (Å²) in [5.74, 6) is -22.1. The molecule has 0 radical (unpaired) electrons. The number of carbonyl (C=O) groups excluding carboxylic acids is 4. The highest BCUT2D eigenvalue weighted by Gasteiger charge is 2.77. The molecule has 1 N–H and O–H groups in total. The monoisotopic (exact) mass is 791 g/mol. The van der Waals surface area contributed by atoms with E-state index in [4.69, 9.17) is 32.7 Å². The smallest absolute Gasteiger partial charge is 0.258 e. The van der Waals surface area contributed by atoms with Gasteiger partial charge in [-0.15, -0.1) is 23.2 Å². The van der Waals surface area contributed by atoms with Crippen LogP contribution in [0, 0.1) is 46.8 Å². The molecule has 0 bridgehead atoms. The predicted molar refractivity (Wildman–Crippen MR) is 183 cm³/mol. The quantitative estimate of drug-likeness (QED) is 0.0875. The van der Waals surface area contributed by atoms with Gasteiger partial charge in [0.05, 0.1) is 37.8 Å². The number of allylic oxidation sites excluding steroid dienone is 2. The summed E-state index contributed by atoms with van der Waals surface area (Å²) >= 11 is 14.3. The fourth-order valence-electron chi connectivity index (χ4n) is 8.70. The van der Waals surface area contributed by atoms with Crippen molar-refractivity contribution in [2.24, 2.45) is 17.8 Å². The van der Waals surface area contributed by atoms with Crippen LogP contribution in [0.5, 0.6) is 11.5 Å². The lowest BCUT2D eigenvalue weighted by Gasteiger charge is -2.50. The third kappa shape index (κ3) is 4.80. The lowest BCUT2D eigenvalue weighted by Crippen LogP contribution is -2.60. The minimum atomic E-state index is -2.77. The van der Waals surface area contributed by atoms with Gasteiger partial charge in [0, 0.05) is 36.3 Å². The van der Waals surface area contributed by atoms with Crippen molar-refractivity contribution >= 4 is 63.9 Å². The van der Waals surface area contributed by atoms with Crippen LogP contribution in [0.25, 0.3) is 0 Å². The number of hydrogen-bond acceptors (Lipinski definition) is 8. The van der Waals surface area contributed by atoms with Gasteiger partial charge in [-0.05, 0) is 49.1 Å². The van der Waals surface area contributed by atoms with Crippen LogP contribution in [0.1, 0.15) is 24.3 Å². The molecule has 17 heteroatoms. The average Bonchev–Trinajstić information content (AvgIpc) is 3.51. The van der Waals surface area contributed by atoms with E-state index in [-0.39, 0.29) is 33.9 Å². The van der Waals surface area contributed by atoms with Crippen molar-refractivity contribution < 1.29 is 55.7 Å². The molecule has 4 fully saturated rings. The SMILES string of the molecule is COc1ccc([C@H]2C3=CC[C@@H]4C(=O)N(c5ccc(N6CCOCC6)cc5)C(=O)[C@@H]4[C@@H]3C[C@@]3(Cl)C(=O)N(c4c(F)c(F)c(F)c(F)c4F)C(=O)[C@@]23Cl)c(O)c1. The zero-order valence-corrected chi connectivity index (χ0v) is 29.6. The average molecular weight is 793 g/mol. The molecule has 4 amide bonds. The van der Waals surface area contributed by atoms with Gasteiger partial charge in [0.1, 0.15) is 17.2 Å². The van der Waals surface area contributed by atoms with Gasteiger partial charge in [-0.3, -0.25) is 24.1 Å². The number of nitrogens with zero attached hydrogens (tertiary/aromatic N) is 3. The molecule has 1 saturated carbocycles. The predicted octanol–water partition coefficient (Wildman–Crippen LogP) is 5.70. The van der Waals surface area contributed by atoms with Crippen molar-refractivity contribution in [3.8, 4) is 11.5 Å². The first kappa shape index (κ1) is 36.3. The summed E-state index contributed by atoms with van der Waals surface area (Å²) in [6.07, 6.45) is 0.830. The van der Waals surface area contributed by atoms with E-state index < -0.39 is 104 Å². The van der Waals surface area contributed by atoms with E-state index in [1.165, 1.54) is 19.2 Å². The molecule has 3 heterocycles. The molecule has 0 spiro atoms. The fourth-order valence-corrected chi connectivity index (χ4v) is 9.62. The number of carbonyl (C=O) groups is 4. The molecule has 3 saturated heterocycles. The van der Waals surface area contributed by atoms with Gasteiger partial charge in [-0.25, -0.2) is 26.9 Å². The van der Waals surface area contributed by atoms with Gasteiger partial charge in [0.25, 0.3) is 11.8 Å². The molecule has 5 aliphatic rings. The molecule has 3 aromatic rings. The topological polar surface area (TPSA) is 117 Å². The first-order valence-corrected chi connectivity index (χ1v) is 17.6. The number of fused-ring (bicyclic) bond motifs is 4. The maximum atomic E-state index is 15.3. The lowest BCUT2D eigenvalue weighted by molar-refractivity contribution is -0.125. The van der Waals surface area contributed by atoms with Crippen LogP contribution in [0.2, 0.25) is 0 Å². The van der Waals surface area contributed by atoms with Crippen LogP contribution < -0.4 is 19.4 Å². The molecule has 3 aromatic carbocycles. The number of phenolic OH excluding ortho intramolecular Hbond substituents is 1. The number of benzene rings is 3. The molecule has 6 atom stereocenters. The number of ether oxygens (including phenoxy) is 2. The van der Waals surface area contributed by atoms with E-state index in [0.29, 0.717) is 26.3 Å². The van der Waals surface area contributed by atoms with Crippen molar-refractivity contribution in [1.29, 1.82) is 0 Å². The Balaban J connectivity index is 1.25. The highest BCUT2D eigenvalue weighted by molar-refractivity contribution is 6.58. The number of anilines is 3. The molecule has 282 valence electrons. The molecule has 0 aromatic heterocycles. The first-order valence-electron chi connectivity index (χ1n) is 16.8. The number of morpholine rings is 1. The first-order chi connectivity index (χ1) is 25.7. The largest absolute Gasteiger partial charge is 0.508 e. The van der Waals surface area contributed by atoms with Gasteiger partial charge in [0.2, 0.25) is 17.6 Å². The second kappa shape index (κ2) is 12.7. The number of rotatable bonds is 5. The third-order valence-electron chi connectivity index (χ3n) is 11.3. The Labute approximate surface area is 313 Å². The number of hydrogen-bond donors (Lipinski definition) is 1. The van der Waals surface area contributed by atoms with Crippen molar-refractivity contribution in [3.63, 3.8) is 0 Å². The fraction of sp³-hybridized carbons (Fsp3) is 0.351. The van der Waals surface area contributed by atoms with Gasteiger partial charge in [-0.1, -0.05) is 17.7 Å². The number of aromatic hydroxyl groups is 1. The van der Waals surface area contributed by atoms with Crippen molar-refractivity contribution in [2.75, 3.05) is 48.1 Å². The van der Waals surface area contributed by atoms with Crippen molar-refractivity contribution in [3.05, 3.63) is 88.8 Å². The summed E-state index contributed by atoms with van der Waals surface area (Å²) in [6.45, 7) is 2.38. The van der Waals surface area contributed by atoms with E-state index in [1.807, 2.05) is 0 Å². The Kier molecular flexibility index (Phi) is 8.51. The van der Waals surface area contributed by atoms with Gasteiger partial charge in [0.15, 0.2) is 33.0 Å². The summed E-state index contributed by atoms with van der Waals surface area (Å²) in [5.41, 5.74) is -0.688. The van der Waals surface area contributed by atoms with Crippen LogP contribution in [0.3, 0.4) is 0 Å². The maximum absolute atomic E-state index is 15.3. The van der Waals surface area contributed by atoms with Crippen LogP contribution >= 0.6 is 23.2 Å². The lowest BCUT2D eigenvalue weighted by atomic mass is 9.56. The minimum Gasteiger partial charge on any atom is -0.508 e. The summed E-state index contributed by atoms with van der Waals surface area (Å²) < 4.78 is 84.2. The Morgan fingerprint density at radius 3 is 2.02 bits per heavy atom. The zero-order valence-electron chi connectivity index (χ0n) is 28.1. The van der Waals surface area contributed by atoms with E-state index in [9.17, 15) is 37.5 Å². The Hall–Kier alpha value is -4.73. The number of amides is 4. The number of methoxy groups -OCH3 is 1. The second-order valence-corrected chi connectivity index (χ2v) is 15.0. The maximum Gasteiger partial charge on any atom is 0.258 e. The Morgan fingerprint density at radius 1 is 0.796 bits per heavy atom. The summed E-state index contributed by atoms with van der Waals surface area (Å²) in [6, 6.07) is 10.6. The molecule has 8 rings (SSSR count). The van der Waals surface area contributed by atoms with Crippen LogP contribution in [0.4, 0.5) is 39.0 Å². The highest BCUT2D eigenvalue weighted by atomic mass is 35.5. The zero-order chi connectivity index (χ0) is 38.6. The molecular weight excluding hydrogens is 764 g/mol. The molecule has 2 aliphatic carbocycles. The van der Waals surface area contributed by atoms with Crippen molar-refractivity contribution in [1.82, 2.24) is 0 Å². The highest BCUT2D eigenvalue weighted by Crippen LogP contribution is 2.67. The van der Waals surface area contributed by atoms with E-state index >= 15 is 8.78 Å². The summed E-state index contributed by atoms with van der Waals surface area (Å²) in [7, 11) is 1.31. The number of phenols is 1. The number of imide groups is 2. The van der Waals surface area contributed by atoms with E-state index in [1.54, 1.807) is 30.3 Å². The number of alkyl halides is 2. The number of halogens is 7. The van der Waals surface area contributed by atoms with Crippen LogP contribution in [0.15, 0.2) is 54.1 Å². The van der Waals surface area contributed by atoms with Crippen LogP contribution in [-0.2, 0) is 23.9 Å². The summed E-state index contributed by atoms with van der Waals surface area (Å²) in [5, 5.41) is 11.3. The molecular formula is C37H28Cl2F5N3O7. The molecule has 10 nitrogen and oxygen atoms in total. The standard InChI is InChI=1S/C37H28Cl2F5N3O7/c1-53-18-6-7-20(23(48)14-18)25-19-8-9-21-24(33(50)46(32(21)49)17-4-2-16(3-5-17)45-10-12-54-13-11-45)22(19)15-36(38)34(51)47(35(52)37(25,36)39)31-29(43)27(41)26(40)28(42)30(31)44/h2-8,14,21-22,24-25,48H,9-13,15H2,1H3/t21-,22+,24-,25+,36+,37-/m0/s1. The Morgan fingerprint density at radius 2 is 1.41 bits per heavy atom. The second-order valence-electron chi connectivity index (χ2n) is 13.7. The summed E-state index contributed by atoms with van der Waals surface area (Å²) in [4.78, 5) is 54.6. The van der Waals surface area contributed by atoms with Crippen LogP contribution in [-0.4, -0.2) is 71.9 Å². The Bertz CT molecular complexity index is 2170. The van der Waals surface area contributed by atoms with Gasteiger partial charge < -0.3 is 19.5 Å². The normalized spacial score (nSPS) is 29.3. The molecule has 0 unspecified atom stereocenters. The minimum absolute atomic E-state index is 0.0530. The van der Waals surface area contributed by atoms with Gasteiger partial charge in [-0.2, -0.15) is 0 Å². The molecule has 54 heavy (non-hydrogen) atoms.